The summed E-state index contributed by atoms with van der Waals surface area (Å²) in [5, 5.41) is 3.16. The van der Waals surface area contributed by atoms with Crippen LogP contribution in [0.3, 0.4) is 0 Å². The maximum Gasteiger partial charge on any atom is 0.133 e. The van der Waals surface area contributed by atoms with E-state index in [2.05, 4.69) is 19.2 Å². The van der Waals surface area contributed by atoms with Crippen molar-refractivity contribution in [3.05, 3.63) is 0 Å². The van der Waals surface area contributed by atoms with E-state index in [1.165, 1.54) is 6.42 Å². The summed E-state index contributed by atoms with van der Waals surface area (Å²) in [4.78, 5) is 0. The lowest BCUT2D eigenvalue weighted by atomic mass is 10.5. The van der Waals surface area contributed by atoms with E-state index in [1.807, 2.05) is 0 Å². The van der Waals surface area contributed by atoms with Crippen LogP contribution >= 0.6 is 24.0 Å². The second-order valence-corrected chi connectivity index (χ2v) is 3.83. The van der Waals surface area contributed by atoms with Gasteiger partial charge >= 0.3 is 0 Å². The minimum atomic E-state index is 0.948. The zero-order valence-corrected chi connectivity index (χ0v) is 8.28. The molecule has 1 N–H and O–H groups in total. The van der Waals surface area contributed by atoms with Crippen molar-refractivity contribution in [3.63, 3.8) is 0 Å². The van der Waals surface area contributed by atoms with Gasteiger partial charge in [0.25, 0.3) is 0 Å². The highest BCUT2D eigenvalue weighted by atomic mass is 32.2. The molecule has 60 valence electrons. The van der Waals surface area contributed by atoms with Gasteiger partial charge in [-0.2, -0.15) is 0 Å². The number of thiocarbonyl (C=S) groups is 1. The van der Waals surface area contributed by atoms with Crippen molar-refractivity contribution in [2.75, 3.05) is 12.3 Å². The summed E-state index contributed by atoms with van der Waals surface area (Å²) in [5.41, 5.74) is 0. The maximum absolute atomic E-state index is 5.04. The van der Waals surface area contributed by atoms with Gasteiger partial charge in [0, 0.05) is 6.54 Å². The van der Waals surface area contributed by atoms with Gasteiger partial charge in [0.1, 0.15) is 4.32 Å². The van der Waals surface area contributed by atoms with E-state index in [0.717, 1.165) is 23.0 Å². The Bertz CT molecular complexity index is 83.6. The molecule has 0 aromatic carbocycles. The third kappa shape index (κ3) is 6.36. The van der Waals surface area contributed by atoms with Gasteiger partial charge in [-0.15, -0.1) is 0 Å². The highest BCUT2D eigenvalue weighted by Crippen LogP contribution is 2.02. The molecule has 0 aliphatic carbocycles. The summed E-state index contributed by atoms with van der Waals surface area (Å²) < 4.78 is 0.948. The summed E-state index contributed by atoms with van der Waals surface area (Å²) in [6, 6.07) is 0. The number of thioether (sulfide) groups is 1. The molecule has 0 radical (unpaired) electrons. The number of nitrogens with one attached hydrogen (secondary N) is 1. The first kappa shape index (κ1) is 10.2. The fourth-order valence-corrected chi connectivity index (χ4v) is 1.42. The van der Waals surface area contributed by atoms with Gasteiger partial charge in [-0.3, -0.25) is 0 Å². The van der Waals surface area contributed by atoms with Crippen molar-refractivity contribution in [1.29, 1.82) is 0 Å². The average molecular weight is 177 g/mol. The first-order chi connectivity index (χ1) is 4.81. The molecule has 0 aliphatic heterocycles. The molecule has 1 nitrogen and oxygen atoms in total. The number of rotatable bonds is 4. The molecule has 0 saturated heterocycles. The van der Waals surface area contributed by atoms with Gasteiger partial charge in [-0.05, 0) is 18.6 Å². The monoisotopic (exact) mass is 177 g/mol. The van der Waals surface area contributed by atoms with E-state index >= 15 is 0 Å². The van der Waals surface area contributed by atoms with E-state index in [0.29, 0.717) is 0 Å². The molecule has 0 aromatic heterocycles. The Balaban J connectivity index is 3.09. The SMILES string of the molecule is CCCNC(=S)SCCC. The minimum absolute atomic E-state index is 0.948. The molecule has 0 heterocycles. The second-order valence-electron chi connectivity index (χ2n) is 2.06. The van der Waals surface area contributed by atoms with Gasteiger partial charge in [0.05, 0.1) is 0 Å². The van der Waals surface area contributed by atoms with Crippen molar-refractivity contribution in [3.8, 4) is 0 Å². The summed E-state index contributed by atoms with van der Waals surface area (Å²) in [6.45, 7) is 5.31. The lowest BCUT2D eigenvalue weighted by molar-refractivity contribution is 0.854. The Morgan fingerprint density at radius 2 is 2.10 bits per heavy atom. The summed E-state index contributed by atoms with van der Waals surface area (Å²) in [5.74, 6) is 1.13. The summed E-state index contributed by atoms with van der Waals surface area (Å²) >= 11 is 6.77. The normalized spacial score (nSPS) is 9.40. The highest BCUT2D eigenvalue weighted by Gasteiger charge is 1.92. The van der Waals surface area contributed by atoms with E-state index in [4.69, 9.17) is 12.2 Å². The molecular weight excluding hydrogens is 162 g/mol. The molecule has 10 heavy (non-hydrogen) atoms. The lowest BCUT2D eigenvalue weighted by Gasteiger charge is -2.03. The highest BCUT2D eigenvalue weighted by molar-refractivity contribution is 8.22. The van der Waals surface area contributed by atoms with Crippen LogP contribution in [0.2, 0.25) is 0 Å². The van der Waals surface area contributed by atoms with Gasteiger partial charge in [0.15, 0.2) is 0 Å². The van der Waals surface area contributed by atoms with Crippen LogP contribution < -0.4 is 5.32 Å². The van der Waals surface area contributed by atoms with Crippen molar-refractivity contribution < 1.29 is 0 Å². The Kier molecular flexibility index (Phi) is 7.52. The van der Waals surface area contributed by atoms with Crippen molar-refractivity contribution >= 4 is 28.3 Å². The molecule has 0 unspecified atom stereocenters. The van der Waals surface area contributed by atoms with E-state index in [1.54, 1.807) is 11.8 Å². The predicted molar refractivity (Wildman–Crippen MR) is 53.6 cm³/mol. The lowest BCUT2D eigenvalue weighted by Crippen LogP contribution is -2.19. The fraction of sp³-hybridized carbons (Fsp3) is 0.857. The zero-order valence-electron chi connectivity index (χ0n) is 6.64. The van der Waals surface area contributed by atoms with Crippen LogP contribution in [0.1, 0.15) is 26.7 Å². The molecule has 0 rings (SSSR count). The van der Waals surface area contributed by atoms with E-state index in [-0.39, 0.29) is 0 Å². The first-order valence-corrected chi connectivity index (χ1v) is 5.11. The molecule has 3 heteroatoms. The molecule has 0 aromatic rings. The van der Waals surface area contributed by atoms with Crippen LogP contribution in [0.15, 0.2) is 0 Å². The molecule has 0 bridgehead atoms. The quantitative estimate of drug-likeness (QED) is 0.662. The summed E-state index contributed by atoms with van der Waals surface area (Å²) in [7, 11) is 0. The number of hydrogen-bond acceptors (Lipinski definition) is 2. The molecule has 0 amide bonds. The maximum atomic E-state index is 5.04. The predicted octanol–water partition coefficient (Wildman–Crippen LogP) is 2.41. The van der Waals surface area contributed by atoms with Crippen LogP contribution in [-0.4, -0.2) is 16.6 Å². The minimum Gasteiger partial charge on any atom is -0.371 e. The van der Waals surface area contributed by atoms with Crippen LogP contribution in [0.4, 0.5) is 0 Å². The molecule has 0 atom stereocenters. The van der Waals surface area contributed by atoms with Crippen molar-refractivity contribution in [1.82, 2.24) is 5.32 Å². The Morgan fingerprint density at radius 3 is 2.60 bits per heavy atom. The van der Waals surface area contributed by atoms with E-state index in [9.17, 15) is 0 Å². The van der Waals surface area contributed by atoms with Crippen LogP contribution in [0.5, 0.6) is 0 Å². The van der Waals surface area contributed by atoms with Crippen LogP contribution in [0, 0.1) is 0 Å². The fourth-order valence-electron chi connectivity index (χ4n) is 0.473. The largest absolute Gasteiger partial charge is 0.371 e. The molecule has 0 aliphatic rings. The molecule has 0 fully saturated rings. The topological polar surface area (TPSA) is 12.0 Å². The Hall–Kier alpha value is 0.240. The standard InChI is InChI=1S/C7H15NS2/c1-3-5-8-7(9)10-6-4-2/h3-6H2,1-2H3,(H,8,9). The Labute approximate surface area is 73.0 Å². The van der Waals surface area contributed by atoms with E-state index < -0.39 is 0 Å². The zero-order chi connectivity index (χ0) is 7.82. The van der Waals surface area contributed by atoms with Gasteiger partial charge in [0.2, 0.25) is 0 Å². The summed E-state index contributed by atoms with van der Waals surface area (Å²) in [6.07, 6.45) is 2.34. The third-order valence-corrected chi connectivity index (χ3v) is 2.47. The number of hydrogen-bond donors (Lipinski definition) is 1. The molecule has 0 spiro atoms. The van der Waals surface area contributed by atoms with Crippen molar-refractivity contribution in [2.24, 2.45) is 0 Å². The average Bonchev–Trinajstić information content (AvgIpc) is 1.97. The molecular formula is C7H15NS2. The van der Waals surface area contributed by atoms with Crippen molar-refractivity contribution in [2.45, 2.75) is 26.7 Å². The van der Waals surface area contributed by atoms with Crippen LogP contribution in [0.25, 0.3) is 0 Å². The van der Waals surface area contributed by atoms with Crippen LogP contribution in [-0.2, 0) is 0 Å². The van der Waals surface area contributed by atoms with Gasteiger partial charge in [-0.1, -0.05) is 37.8 Å². The first-order valence-electron chi connectivity index (χ1n) is 3.71. The molecule has 0 saturated carbocycles. The second kappa shape index (κ2) is 7.35. The van der Waals surface area contributed by atoms with Gasteiger partial charge in [-0.25, -0.2) is 0 Å². The smallest absolute Gasteiger partial charge is 0.133 e. The Morgan fingerprint density at radius 1 is 1.40 bits per heavy atom. The van der Waals surface area contributed by atoms with Gasteiger partial charge < -0.3 is 5.32 Å². The third-order valence-electron chi connectivity index (χ3n) is 0.957.